The van der Waals surface area contributed by atoms with Gasteiger partial charge < -0.3 is 9.84 Å². The van der Waals surface area contributed by atoms with Gasteiger partial charge in [0, 0.05) is 12.3 Å². The summed E-state index contributed by atoms with van der Waals surface area (Å²) < 4.78 is 5.52. The molecule has 0 unspecified atom stereocenters. The van der Waals surface area contributed by atoms with Gasteiger partial charge in [0.05, 0.1) is 6.10 Å². The van der Waals surface area contributed by atoms with Crippen molar-refractivity contribution >= 4 is 0 Å². The highest BCUT2D eigenvalue weighted by atomic mass is 16.5. The van der Waals surface area contributed by atoms with Gasteiger partial charge in [-0.25, -0.2) is 4.98 Å². The first-order valence-corrected chi connectivity index (χ1v) is 5.12. The molecule has 1 aromatic carbocycles. The Morgan fingerprint density at radius 2 is 1.88 bits per heavy atom. The van der Waals surface area contributed by atoms with Crippen molar-refractivity contribution in [2.45, 2.75) is 13.0 Å². The minimum Gasteiger partial charge on any atom is -0.439 e. The molecule has 0 radical (unpaired) electrons. The molecular weight excluding hydrogens is 202 g/mol. The second kappa shape index (κ2) is 4.77. The average Bonchev–Trinajstić information content (AvgIpc) is 2.31. The Morgan fingerprint density at radius 1 is 1.12 bits per heavy atom. The SMILES string of the molecule is C[C@@H](O)c1ccc(Oc2ccccc2)nc1. The molecule has 0 aliphatic carbocycles. The Hall–Kier alpha value is -1.87. The summed E-state index contributed by atoms with van der Waals surface area (Å²) in [6.45, 7) is 1.70. The molecule has 3 nitrogen and oxygen atoms in total. The van der Waals surface area contributed by atoms with Crippen LogP contribution in [0.25, 0.3) is 0 Å². The lowest BCUT2D eigenvalue weighted by atomic mass is 10.2. The standard InChI is InChI=1S/C13H13NO2/c1-10(15)11-7-8-13(14-9-11)16-12-5-3-2-4-6-12/h2-10,15H,1H3/t10-/m1/s1. The van der Waals surface area contributed by atoms with Crippen molar-refractivity contribution in [2.24, 2.45) is 0 Å². The molecule has 1 heterocycles. The van der Waals surface area contributed by atoms with Gasteiger partial charge in [-0.3, -0.25) is 0 Å². The molecule has 2 rings (SSSR count). The van der Waals surface area contributed by atoms with Crippen LogP contribution in [-0.4, -0.2) is 10.1 Å². The van der Waals surface area contributed by atoms with Crippen LogP contribution < -0.4 is 4.74 Å². The van der Waals surface area contributed by atoms with Crippen molar-refractivity contribution in [1.82, 2.24) is 4.98 Å². The van der Waals surface area contributed by atoms with Gasteiger partial charge in [-0.2, -0.15) is 0 Å². The number of rotatable bonds is 3. The Labute approximate surface area is 94.3 Å². The summed E-state index contributed by atoms with van der Waals surface area (Å²) in [7, 11) is 0. The van der Waals surface area contributed by atoms with Gasteiger partial charge in [-0.1, -0.05) is 18.2 Å². The maximum Gasteiger partial charge on any atom is 0.219 e. The molecule has 82 valence electrons. The number of aliphatic hydroxyl groups is 1. The summed E-state index contributed by atoms with van der Waals surface area (Å²) >= 11 is 0. The third kappa shape index (κ3) is 2.58. The van der Waals surface area contributed by atoms with Crippen molar-refractivity contribution in [2.75, 3.05) is 0 Å². The number of aliphatic hydroxyl groups excluding tert-OH is 1. The van der Waals surface area contributed by atoms with E-state index in [9.17, 15) is 5.11 Å². The van der Waals surface area contributed by atoms with Crippen molar-refractivity contribution in [3.63, 3.8) is 0 Å². The molecule has 16 heavy (non-hydrogen) atoms. The Balaban J connectivity index is 2.11. The number of ether oxygens (including phenoxy) is 1. The lowest BCUT2D eigenvalue weighted by Gasteiger charge is -2.06. The van der Waals surface area contributed by atoms with E-state index in [1.807, 2.05) is 30.3 Å². The van der Waals surface area contributed by atoms with Crippen LogP contribution in [0, 0.1) is 0 Å². The van der Waals surface area contributed by atoms with E-state index in [1.165, 1.54) is 0 Å². The molecule has 1 aromatic heterocycles. The highest BCUT2D eigenvalue weighted by molar-refractivity contribution is 5.27. The van der Waals surface area contributed by atoms with E-state index in [4.69, 9.17) is 4.74 Å². The van der Waals surface area contributed by atoms with Gasteiger partial charge in [-0.05, 0) is 30.7 Å². The lowest BCUT2D eigenvalue weighted by Crippen LogP contribution is -1.93. The zero-order valence-corrected chi connectivity index (χ0v) is 9.00. The van der Waals surface area contributed by atoms with Crippen LogP contribution in [-0.2, 0) is 0 Å². The molecular formula is C13H13NO2. The lowest BCUT2D eigenvalue weighted by molar-refractivity contribution is 0.198. The number of pyridine rings is 1. The predicted molar refractivity (Wildman–Crippen MR) is 61.4 cm³/mol. The van der Waals surface area contributed by atoms with E-state index in [0.29, 0.717) is 5.88 Å². The molecule has 0 amide bonds. The fourth-order valence-corrected chi connectivity index (χ4v) is 1.31. The van der Waals surface area contributed by atoms with Gasteiger partial charge in [-0.15, -0.1) is 0 Å². The maximum atomic E-state index is 9.32. The summed E-state index contributed by atoms with van der Waals surface area (Å²) in [5, 5.41) is 9.32. The van der Waals surface area contributed by atoms with Crippen molar-refractivity contribution in [3.05, 3.63) is 54.2 Å². The summed E-state index contributed by atoms with van der Waals surface area (Å²) in [6.07, 6.45) is 1.11. The summed E-state index contributed by atoms with van der Waals surface area (Å²) in [6, 6.07) is 13.0. The molecule has 0 aliphatic rings. The number of hydrogen-bond donors (Lipinski definition) is 1. The minimum absolute atomic E-state index is 0.502. The fourth-order valence-electron chi connectivity index (χ4n) is 1.31. The number of para-hydroxylation sites is 1. The third-order valence-corrected chi connectivity index (χ3v) is 2.21. The van der Waals surface area contributed by atoms with Crippen LogP contribution in [0.3, 0.4) is 0 Å². The largest absolute Gasteiger partial charge is 0.439 e. The highest BCUT2D eigenvalue weighted by Gasteiger charge is 2.02. The van der Waals surface area contributed by atoms with Crippen molar-refractivity contribution in [1.29, 1.82) is 0 Å². The second-order valence-electron chi connectivity index (χ2n) is 3.52. The molecule has 2 aromatic rings. The van der Waals surface area contributed by atoms with E-state index in [0.717, 1.165) is 11.3 Å². The fraction of sp³-hybridized carbons (Fsp3) is 0.154. The normalized spacial score (nSPS) is 12.1. The predicted octanol–water partition coefficient (Wildman–Crippen LogP) is 2.93. The van der Waals surface area contributed by atoms with Crippen LogP contribution in [0.5, 0.6) is 11.6 Å². The molecule has 0 bridgehead atoms. The molecule has 0 aliphatic heterocycles. The van der Waals surface area contributed by atoms with Crippen LogP contribution in [0.4, 0.5) is 0 Å². The zero-order valence-electron chi connectivity index (χ0n) is 9.00. The highest BCUT2D eigenvalue weighted by Crippen LogP contribution is 2.20. The van der Waals surface area contributed by atoms with Crippen LogP contribution >= 0.6 is 0 Å². The molecule has 1 N–H and O–H groups in total. The van der Waals surface area contributed by atoms with Crippen molar-refractivity contribution < 1.29 is 9.84 Å². The smallest absolute Gasteiger partial charge is 0.219 e. The summed E-state index contributed by atoms with van der Waals surface area (Å²) in [5.41, 5.74) is 0.778. The van der Waals surface area contributed by atoms with Gasteiger partial charge in [0.25, 0.3) is 0 Å². The van der Waals surface area contributed by atoms with Crippen molar-refractivity contribution in [3.8, 4) is 11.6 Å². The monoisotopic (exact) mass is 215 g/mol. The Bertz CT molecular complexity index is 437. The molecule has 0 saturated heterocycles. The van der Waals surface area contributed by atoms with Crippen LogP contribution in [0.1, 0.15) is 18.6 Å². The Morgan fingerprint density at radius 3 is 2.44 bits per heavy atom. The minimum atomic E-state index is -0.502. The summed E-state index contributed by atoms with van der Waals surface area (Å²) in [4.78, 5) is 4.11. The average molecular weight is 215 g/mol. The topological polar surface area (TPSA) is 42.4 Å². The number of benzene rings is 1. The van der Waals surface area contributed by atoms with Crippen LogP contribution in [0.15, 0.2) is 48.7 Å². The zero-order chi connectivity index (χ0) is 11.4. The quantitative estimate of drug-likeness (QED) is 0.855. The molecule has 0 saturated carbocycles. The van der Waals surface area contributed by atoms with E-state index in [-0.39, 0.29) is 0 Å². The first-order valence-electron chi connectivity index (χ1n) is 5.12. The first-order chi connectivity index (χ1) is 7.75. The molecule has 3 heteroatoms. The van der Waals surface area contributed by atoms with E-state index in [1.54, 1.807) is 25.3 Å². The number of hydrogen-bond acceptors (Lipinski definition) is 3. The third-order valence-electron chi connectivity index (χ3n) is 2.21. The number of nitrogens with zero attached hydrogens (tertiary/aromatic N) is 1. The summed E-state index contributed by atoms with van der Waals surface area (Å²) in [5.74, 6) is 1.27. The number of aromatic nitrogens is 1. The van der Waals surface area contributed by atoms with Gasteiger partial charge in [0.15, 0.2) is 0 Å². The molecule has 1 atom stereocenters. The van der Waals surface area contributed by atoms with E-state index < -0.39 is 6.10 Å². The van der Waals surface area contributed by atoms with Crippen LogP contribution in [0.2, 0.25) is 0 Å². The van der Waals surface area contributed by atoms with Gasteiger partial charge in [0.2, 0.25) is 5.88 Å². The van der Waals surface area contributed by atoms with E-state index in [2.05, 4.69) is 4.98 Å². The van der Waals surface area contributed by atoms with Gasteiger partial charge >= 0.3 is 0 Å². The van der Waals surface area contributed by atoms with E-state index >= 15 is 0 Å². The van der Waals surface area contributed by atoms with Gasteiger partial charge in [0.1, 0.15) is 5.75 Å². The second-order valence-corrected chi connectivity index (χ2v) is 3.52. The maximum absolute atomic E-state index is 9.32. The molecule has 0 fully saturated rings. The molecule has 0 spiro atoms. The first kappa shape index (κ1) is 10.6. The Kier molecular flexibility index (Phi) is 3.17.